The Morgan fingerprint density at radius 1 is 0.769 bits per heavy atom. The largest absolute Gasteiger partial charge is 0.507 e. The highest BCUT2D eigenvalue weighted by Gasteiger charge is 2.36. The van der Waals surface area contributed by atoms with Crippen LogP contribution in [-0.4, -0.2) is 78.2 Å². The van der Waals surface area contributed by atoms with Crippen LogP contribution in [0.3, 0.4) is 0 Å². The van der Waals surface area contributed by atoms with E-state index in [1.807, 2.05) is 80.6 Å². The second kappa shape index (κ2) is 20.8. The molecule has 0 saturated carbocycles. The first-order chi connectivity index (χ1) is 31.3. The van der Waals surface area contributed by atoms with Gasteiger partial charge in [-0.15, -0.1) is 23.2 Å². The van der Waals surface area contributed by atoms with Crippen molar-refractivity contribution in [1.82, 2.24) is 10.6 Å². The number of hydrogen-bond acceptors (Lipinski definition) is 8. The standard InChI is InChI=1S/C49H55Cl2N7O7/c1-28(2)46(52)48(63)56-37(13-8-20-54-49(53)64)47(62)55-32-18-16-29(17-19-32)27-65-41-22-39-45(36-12-6-4-10-34(36)41)31(24-51)26-58(39)43(61)15-7-14-42(60)57-25-30(23-50)44-35-11-5-3-9-33(35)40(59)21-38(44)57/h3-6,9-12,16-19,21-22,28,30-31,37,46,59H,7-8,13-15,20,23-27,52H2,1-2H3,(H,55,62)(H,56,63)(H3,53,54,64)/t30-,31-,37+,46+/m1/s1. The number of carbonyl (C=O) groups excluding carboxylic acids is 5. The molecule has 0 radical (unpaired) electrons. The minimum absolute atomic E-state index is 0.0826. The highest BCUT2D eigenvalue weighted by molar-refractivity contribution is 6.19. The quantitative estimate of drug-likeness (QED) is 0.0386. The van der Waals surface area contributed by atoms with E-state index in [1.165, 1.54) is 0 Å². The lowest BCUT2D eigenvalue weighted by molar-refractivity contribution is -0.128. The zero-order valence-corrected chi connectivity index (χ0v) is 38.0. The van der Waals surface area contributed by atoms with Crippen molar-refractivity contribution >= 4 is 91.5 Å². The summed E-state index contributed by atoms with van der Waals surface area (Å²) < 4.78 is 6.46. The van der Waals surface area contributed by atoms with Gasteiger partial charge in [-0.1, -0.05) is 74.5 Å². The number of nitrogens with one attached hydrogen (secondary N) is 3. The number of phenolic OH excluding ortho intramolecular Hbond substituents is 1. The first-order valence-electron chi connectivity index (χ1n) is 21.9. The fraction of sp³-hybridized carbons (Fsp3) is 0.367. The van der Waals surface area contributed by atoms with E-state index in [9.17, 15) is 29.1 Å². The van der Waals surface area contributed by atoms with Gasteiger partial charge in [0.25, 0.3) is 0 Å². The lowest BCUT2D eigenvalue weighted by atomic mass is 9.95. The van der Waals surface area contributed by atoms with Gasteiger partial charge in [-0.25, -0.2) is 4.79 Å². The minimum atomic E-state index is -0.902. The summed E-state index contributed by atoms with van der Waals surface area (Å²) in [6.45, 7) is 4.86. The van der Waals surface area contributed by atoms with Crippen molar-refractivity contribution in [3.63, 3.8) is 0 Å². The summed E-state index contributed by atoms with van der Waals surface area (Å²) in [5, 5.41) is 22.3. The Labute approximate surface area is 387 Å². The number of amides is 6. The SMILES string of the molecule is CC(C)[C@H](N)C(=O)N[C@@H](CCCNC(N)=O)C(=O)Nc1ccc(COc2cc3c(c4ccccc24)[C@H](CCl)CN3C(=O)CCCC(=O)N2C[C@@H](CCl)c3c2cc(O)c2ccccc32)cc1. The molecule has 342 valence electrons. The Balaban J connectivity index is 1.01. The van der Waals surface area contributed by atoms with E-state index in [1.54, 1.807) is 28.0 Å². The molecule has 0 fully saturated rings. The summed E-state index contributed by atoms with van der Waals surface area (Å²) >= 11 is 12.9. The minimum Gasteiger partial charge on any atom is -0.507 e. The number of anilines is 3. The summed E-state index contributed by atoms with van der Waals surface area (Å²) in [5.74, 6) is -0.145. The molecule has 0 aliphatic carbocycles. The topological polar surface area (TPSA) is 209 Å². The number of fused-ring (bicyclic) bond motifs is 6. The first-order valence-corrected chi connectivity index (χ1v) is 23.0. The van der Waals surface area contributed by atoms with Crippen molar-refractivity contribution in [2.75, 3.05) is 46.5 Å². The number of rotatable bonds is 18. The number of benzene rings is 5. The summed E-state index contributed by atoms with van der Waals surface area (Å²) in [7, 11) is 0. The van der Waals surface area contributed by atoms with Crippen molar-refractivity contribution in [3.05, 3.63) is 102 Å². The molecule has 65 heavy (non-hydrogen) atoms. The number of nitrogens with two attached hydrogens (primary N) is 2. The van der Waals surface area contributed by atoms with Crippen molar-refractivity contribution in [1.29, 1.82) is 0 Å². The van der Waals surface area contributed by atoms with E-state index in [2.05, 4.69) is 16.0 Å². The molecule has 6 amide bonds. The van der Waals surface area contributed by atoms with Crippen molar-refractivity contribution in [2.45, 2.75) is 76.5 Å². The van der Waals surface area contributed by atoms with Crippen LogP contribution in [0.15, 0.2) is 84.9 Å². The van der Waals surface area contributed by atoms with Crippen LogP contribution in [0.2, 0.25) is 0 Å². The van der Waals surface area contributed by atoms with Gasteiger partial charge in [0.1, 0.15) is 24.1 Å². The van der Waals surface area contributed by atoms with E-state index < -0.39 is 29.9 Å². The molecule has 0 aromatic heterocycles. The zero-order chi connectivity index (χ0) is 46.4. The van der Waals surface area contributed by atoms with Gasteiger partial charge in [-0.3, -0.25) is 19.2 Å². The summed E-state index contributed by atoms with van der Waals surface area (Å²) in [4.78, 5) is 68.5. The van der Waals surface area contributed by atoms with Crippen LogP contribution in [0.25, 0.3) is 21.5 Å². The number of carbonyl (C=O) groups is 5. The van der Waals surface area contributed by atoms with E-state index >= 15 is 0 Å². The maximum atomic E-state index is 14.0. The Morgan fingerprint density at radius 2 is 1.32 bits per heavy atom. The van der Waals surface area contributed by atoms with Gasteiger partial charge >= 0.3 is 6.03 Å². The molecule has 5 aromatic rings. The number of urea groups is 1. The van der Waals surface area contributed by atoms with Gasteiger partial charge in [-0.2, -0.15) is 0 Å². The Kier molecular flexibility index (Phi) is 15.0. The third-order valence-electron chi connectivity index (χ3n) is 12.3. The number of phenols is 1. The molecule has 0 unspecified atom stereocenters. The molecule has 2 aliphatic rings. The second-order valence-electron chi connectivity index (χ2n) is 17.0. The van der Waals surface area contributed by atoms with Crippen LogP contribution >= 0.6 is 23.2 Å². The molecule has 0 saturated heterocycles. The average molecular weight is 925 g/mol. The molecule has 16 heteroatoms. The van der Waals surface area contributed by atoms with Gasteiger partial charge in [0, 0.05) is 84.7 Å². The fourth-order valence-electron chi connectivity index (χ4n) is 8.78. The number of primary amides is 1. The molecule has 5 aromatic carbocycles. The smallest absolute Gasteiger partial charge is 0.312 e. The number of halogens is 2. The van der Waals surface area contributed by atoms with Crippen LogP contribution in [0.1, 0.15) is 74.5 Å². The van der Waals surface area contributed by atoms with Crippen molar-refractivity contribution < 1.29 is 33.8 Å². The van der Waals surface area contributed by atoms with Gasteiger partial charge in [-0.05, 0) is 64.8 Å². The highest BCUT2D eigenvalue weighted by atomic mass is 35.5. The third kappa shape index (κ3) is 10.4. The Morgan fingerprint density at radius 3 is 1.89 bits per heavy atom. The van der Waals surface area contributed by atoms with E-state index in [0.717, 1.165) is 38.5 Å². The molecule has 14 nitrogen and oxygen atoms in total. The maximum Gasteiger partial charge on any atom is 0.312 e. The monoisotopic (exact) mass is 923 g/mol. The van der Waals surface area contributed by atoms with Crippen molar-refractivity contribution in [3.8, 4) is 11.5 Å². The van der Waals surface area contributed by atoms with Crippen molar-refractivity contribution in [2.24, 2.45) is 17.4 Å². The fourth-order valence-corrected chi connectivity index (χ4v) is 9.28. The molecular weight excluding hydrogens is 869 g/mol. The summed E-state index contributed by atoms with van der Waals surface area (Å²) in [5.41, 5.74) is 15.8. The van der Waals surface area contributed by atoms with Crippen LogP contribution in [0, 0.1) is 5.92 Å². The van der Waals surface area contributed by atoms with E-state index in [-0.39, 0.29) is 67.7 Å². The molecule has 2 heterocycles. The maximum absolute atomic E-state index is 14.0. The molecule has 8 N–H and O–H groups in total. The zero-order valence-electron chi connectivity index (χ0n) is 36.4. The van der Waals surface area contributed by atoms with Gasteiger partial charge < -0.3 is 47.1 Å². The van der Waals surface area contributed by atoms with Gasteiger partial charge in [0.05, 0.1) is 17.4 Å². The Hall–Kier alpha value is -6.09. The number of hydrogen-bond donors (Lipinski definition) is 6. The second-order valence-corrected chi connectivity index (χ2v) is 17.6. The van der Waals surface area contributed by atoms with Gasteiger partial charge in [0.15, 0.2) is 0 Å². The van der Waals surface area contributed by atoms with E-state index in [0.29, 0.717) is 60.2 Å². The number of alkyl halides is 2. The normalized spacial score (nSPS) is 16.3. The molecule has 4 atom stereocenters. The third-order valence-corrected chi connectivity index (χ3v) is 13.0. The van der Waals surface area contributed by atoms with Crippen LogP contribution in [0.5, 0.6) is 11.5 Å². The highest BCUT2D eigenvalue weighted by Crippen LogP contribution is 2.47. The first kappa shape index (κ1) is 46.9. The van der Waals surface area contributed by atoms with Gasteiger partial charge in [0.2, 0.25) is 23.6 Å². The summed E-state index contributed by atoms with van der Waals surface area (Å²) in [6, 6.07) is 23.7. The lowest BCUT2D eigenvalue weighted by Crippen LogP contribution is -2.51. The van der Waals surface area contributed by atoms with Crippen LogP contribution < -0.4 is 42.0 Å². The number of aromatic hydroxyl groups is 1. The molecule has 7 rings (SSSR count). The predicted octanol–water partition coefficient (Wildman–Crippen LogP) is 7.34. The van der Waals surface area contributed by atoms with E-state index in [4.69, 9.17) is 39.4 Å². The van der Waals surface area contributed by atoms with Crippen LogP contribution in [0.4, 0.5) is 21.9 Å². The Bertz CT molecular complexity index is 2590. The predicted molar refractivity (Wildman–Crippen MR) is 256 cm³/mol. The average Bonchev–Trinajstić information content (AvgIpc) is 3.88. The molecule has 0 bridgehead atoms. The van der Waals surface area contributed by atoms with Crippen LogP contribution in [-0.2, 0) is 25.8 Å². The molecule has 2 aliphatic heterocycles. The number of ether oxygens (including phenoxy) is 1. The summed E-state index contributed by atoms with van der Waals surface area (Å²) in [6.07, 6.45) is 1.24. The molecule has 0 spiro atoms. The lowest BCUT2D eigenvalue weighted by Gasteiger charge is -2.22. The molecular formula is C49H55Cl2N7O7. The number of nitrogens with zero attached hydrogens (tertiary/aromatic N) is 2.